The number of aromatic nitrogens is 3. The molecule has 3 rings (SSSR count). The molecular weight excluding hydrogens is 365 g/mol. The van der Waals surface area contributed by atoms with Gasteiger partial charge in [-0.2, -0.15) is 5.10 Å². The largest absolute Gasteiger partial charge is 0.367 e. The summed E-state index contributed by atoms with van der Waals surface area (Å²) < 4.78 is 7.83. The standard InChI is InChI=1S/C13H12BrCl2N3O/c14-9-4-13(20-5-9,6-19-8-17-7-18-19)11-2-1-10(15)3-12(11)16/h1-3,7-9H,4-6H2/t9-,13+/m0/s1. The van der Waals surface area contributed by atoms with Crippen molar-refractivity contribution >= 4 is 39.1 Å². The summed E-state index contributed by atoms with van der Waals surface area (Å²) in [7, 11) is 0. The van der Waals surface area contributed by atoms with Gasteiger partial charge in [-0.1, -0.05) is 45.2 Å². The fraction of sp³-hybridized carbons (Fsp3) is 0.385. The molecule has 0 amide bonds. The first-order valence-electron chi connectivity index (χ1n) is 6.15. The summed E-state index contributed by atoms with van der Waals surface area (Å²) in [5.41, 5.74) is 0.421. The fourth-order valence-electron chi connectivity index (χ4n) is 2.54. The monoisotopic (exact) mass is 375 g/mol. The molecule has 0 bridgehead atoms. The lowest BCUT2D eigenvalue weighted by molar-refractivity contribution is -0.0169. The van der Waals surface area contributed by atoms with E-state index in [1.807, 2.05) is 12.1 Å². The van der Waals surface area contributed by atoms with Crippen LogP contribution in [0.15, 0.2) is 30.9 Å². The van der Waals surface area contributed by atoms with Gasteiger partial charge in [0.25, 0.3) is 0 Å². The van der Waals surface area contributed by atoms with Crippen LogP contribution in [0.25, 0.3) is 0 Å². The molecule has 0 unspecified atom stereocenters. The minimum Gasteiger partial charge on any atom is -0.367 e. The zero-order valence-corrected chi connectivity index (χ0v) is 13.6. The fourth-order valence-corrected chi connectivity index (χ4v) is 3.78. The first-order valence-corrected chi connectivity index (χ1v) is 7.82. The van der Waals surface area contributed by atoms with Crippen molar-refractivity contribution < 1.29 is 4.74 Å². The molecule has 1 fully saturated rings. The lowest BCUT2D eigenvalue weighted by Crippen LogP contribution is -2.31. The molecule has 4 nitrogen and oxygen atoms in total. The van der Waals surface area contributed by atoms with Crippen LogP contribution < -0.4 is 0 Å². The van der Waals surface area contributed by atoms with Crippen LogP contribution >= 0.6 is 39.1 Å². The topological polar surface area (TPSA) is 39.9 Å². The minimum absolute atomic E-state index is 0.290. The summed E-state index contributed by atoms with van der Waals surface area (Å²) in [6.45, 7) is 1.20. The van der Waals surface area contributed by atoms with E-state index in [0.29, 0.717) is 23.2 Å². The molecule has 1 aromatic carbocycles. The number of ether oxygens (including phenoxy) is 1. The Labute approximate surface area is 135 Å². The van der Waals surface area contributed by atoms with Crippen LogP contribution in [0.3, 0.4) is 0 Å². The van der Waals surface area contributed by atoms with Crippen LogP contribution in [0, 0.1) is 0 Å². The van der Waals surface area contributed by atoms with Gasteiger partial charge >= 0.3 is 0 Å². The van der Waals surface area contributed by atoms with Gasteiger partial charge in [-0.15, -0.1) is 0 Å². The van der Waals surface area contributed by atoms with Gasteiger partial charge in [0.15, 0.2) is 0 Å². The minimum atomic E-state index is -0.510. The summed E-state index contributed by atoms with van der Waals surface area (Å²) in [6, 6.07) is 5.50. The molecule has 2 heterocycles. The van der Waals surface area contributed by atoms with E-state index in [1.165, 1.54) is 6.33 Å². The highest BCUT2D eigenvalue weighted by atomic mass is 79.9. The molecule has 106 valence electrons. The molecule has 2 aromatic rings. The van der Waals surface area contributed by atoms with Gasteiger partial charge < -0.3 is 4.74 Å². The average Bonchev–Trinajstić information content (AvgIpc) is 3.00. The summed E-state index contributed by atoms with van der Waals surface area (Å²) in [6.07, 6.45) is 4.00. The summed E-state index contributed by atoms with van der Waals surface area (Å²) in [4.78, 5) is 4.26. The van der Waals surface area contributed by atoms with Gasteiger partial charge in [0, 0.05) is 20.4 Å². The van der Waals surface area contributed by atoms with E-state index in [1.54, 1.807) is 17.1 Å². The lowest BCUT2D eigenvalue weighted by atomic mass is 9.90. The molecule has 1 saturated heterocycles. The van der Waals surface area contributed by atoms with E-state index in [4.69, 9.17) is 27.9 Å². The smallest absolute Gasteiger partial charge is 0.137 e. The Hall–Kier alpha value is -0.620. The highest BCUT2D eigenvalue weighted by molar-refractivity contribution is 9.09. The van der Waals surface area contributed by atoms with Crippen molar-refractivity contribution in [2.24, 2.45) is 0 Å². The molecule has 0 N–H and O–H groups in total. The zero-order chi connectivity index (χ0) is 14.2. The van der Waals surface area contributed by atoms with Crippen molar-refractivity contribution in [1.29, 1.82) is 0 Å². The predicted octanol–water partition coefficient (Wildman–Crippen LogP) is 3.66. The first-order chi connectivity index (χ1) is 9.59. The van der Waals surface area contributed by atoms with E-state index < -0.39 is 5.60 Å². The Morgan fingerprint density at radius 2 is 2.30 bits per heavy atom. The number of hydrogen-bond acceptors (Lipinski definition) is 3. The normalized spacial score (nSPS) is 26.1. The summed E-state index contributed by atoms with van der Waals surface area (Å²) in [5.74, 6) is 0. The van der Waals surface area contributed by atoms with Gasteiger partial charge in [0.2, 0.25) is 0 Å². The van der Waals surface area contributed by atoms with Crippen LogP contribution in [0.1, 0.15) is 12.0 Å². The second-order valence-corrected chi connectivity index (χ2v) is 6.96. The Morgan fingerprint density at radius 1 is 1.45 bits per heavy atom. The predicted molar refractivity (Wildman–Crippen MR) is 81.4 cm³/mol. The van der Waals surface area contributed by atoms with Gasteiger partial charge in [-0.25, -0.2) is 9.67 Å². The van der Waals surface area contributed by atoms with Crippen molar-refractivity contribution in [3.63, 3.8) is 0 Å². The van der Waals surface area contributed by atoms with Crippen molar-refractivity contribution in [2.75, 3.05) is 6.61 Å². The summed E-state index contributed by atoms with van der Waals surface area (Å²) >= 11 is 16.0. The van der Waals surface area contributed by atoms with E-state index in [0.717, 1.165) is 12.0 Å². The number of hydrogen-bond donors (Lipinski definition) is 0. The lowest BCUT2D eigenvalue weighted by Gasteiger charge is -2.29. The van der Waals surface area contributed by atoms with Crippen molar-refractivity contribution in [2.45, 2.75) is 23.4 Å². The second kappa shape index (κ2) is 5.64. The molecular formula is C13H12BrCl2N3O. The highest BCUT2D eigenvalue weighted by Crippen LogP contribution is 2.43. The van der Waals surface area contributed by atoms with Gasteiger partial charge in [-0.05, 0) is 18.6 Å². The molecule has 7 heteroatoms. The maximum Gasteiger partial charge on any atom is 0.137 e. The highest BCUT2D eigenvalue weighted by Gasteiger charge is 2.43. The Balaban J connectivity index is 2.01. The van der Waals surface area contributed by atoms with E-state index in [9.17, 15) is 0 Å². The Bertz CT molecular complexity index is 608. The van der Waals surface area contributed by atoms with Crippen LogP contribution in [0.4, 0.5) is 0 Å². The van der Waals surface area contributed by atoms with Crippen LogP contribution in [-0.2, 0) is 16.9 Å². The first kappa shape index (κ1) is 14.3. The van der Waals surface area contributed by atoms with Gasteiger partial charge in [-0.3, -0.25) is 0 Å². The van der Waals surface area contributed by atoms with Gasteiger partial charge in [0.1, 0.15) is 18.3 Å². The average molecular weight is 377 g/mol. The third-order valence-electron chi connectivity index (χ3n) is 3.40. The Morgan fingerprint density at radius 3 is 2.90 bits per heavy atom. The number of nitrogens with zero attached hydrogens (tertiary/aromatic N) is 3. The second-order valence-electron chi connectivity index (χ2n) is 4.82. The molecule has 0 saturated carbocycles. The summed E-state index contributed by atoms with van der Waals surface area (Å²) in [5, 5.41) is 5.39. The number of benzene rings is 1. The number of alkyl halides is 1. The molecule has 1 aromatic heterocycles. The molecule has 1 aliphatic rings. The van der Waals surface area contributed by atoms with Crippen LogP contribution in [-0.4, -0.2) is 26.2 Å². The van der Waals surface area contributed by atoms with E-state index in [-0.39, 0.29) is 4.83 Å². The van der Waals surface area contributed by atoms with E-state index in [2.05, 4.69) is 26.0 Å². The SMILES string of the molecule is Clc1ccc([C@]2(Cn3cncn3)C[C@H](Br)CO2)c(Cl)c1. The Kier molecular flexibility index (Phi) is 4.04. The van der Waals surface area contributed by atoms with Crippen LogP contribution in [0.5, 0.6) is 0 Å². The van der Waals surface area contributed by atoms with Crippen molar-refractivity contribution in [3.05, 3.63) is 46.5 Å². The quantitative estimate of drug-likeness (QED) is 0.767. The number of halogens is 3. The number of rotatable bonds is 3. The van der Waals surface area contributed by atoms with Crippen molar-refractivity contribution in [3.8, 4) is 0 Å². The molecule has 1 aliphatic heterocycles. The maximum atomic E-state index is 6.36. The molecule has 0 radical (unpaired) electrons. The molecule has 0 spiro atoms. The zero-order valence-electron chi connectivity index (χ0n) is 10.5. The molecule has 0 aliphatic carbocycles. The third kappa shape index (κ3) is 2.72. The third-order valence-corrected chi connectivity index (χ3v) is 4.53. The maximum absolute atomic E-state index is 6.36. The van der Waals surface area contributed by atoms with Crippen LogP contribution in [0.2, 0.25) is 10.0 Å². The molecule has 20 heavy (non-hydrogen) atoms. The van der Waals surface area contributed by atoms with Crippen molar-refractivity contribution in [1.82, 2.24) is 14.8 Å². The van der Waals surface area contributed by atoms with E-state index >= 15 is 0 Å². The van der Waals surface area contributed by atoms with Gasteiger partial charge in [0.05, 0.1) is 13.2 Å². The molecule has 2 atom stereocenters.